The highest BCUT2D eigenvalue weighted by Gasteiger charge is 2.47. The molecule has 11 aromatic rings. The van der Waals surface area contributed by atoms with Crippen molar-refractivity contribution in [3.63, 3.8) is 0 Å². The molecule has 76 heavy (non-hydrogen) atoms. The molecule has 0 amide bonds. The van der Waals surface area contributed by atoms with E-state index in [1.807, 2.05) is 0 Å². The number of rotatable bonds is 5. The summed E-state index contributed by atoms with van der Waals surface area (Å²) in [5.74, 6) is 0. The predicted molar refractivity (Wildman–Crippen MR) is 321 cm³/mol. The van der Waals surface area contributed by atoms with E-state index in [4.69, 9.17) is 0 Å². The Morgan fingerprint density at radius 1 is 0.303 bits per heavy atom. The minimum Gasteiger partial charge on any atom is -0.310 e. The lowest BCUT2D eigenvalue weighted by Crippen LogP contribution is -2.61. The number of fused-ring (bicyclic) bond motifs is 6. The van der Waals surface area contributed by atoms with Crippen LogP contribution in [0, 0.1) is 0 Å². The summed E-state index contributed by atoms with van der Waals surface area (Å²) in [4.78, 5) is 7.81. The summed E-state index contributed by atoms with van der Waals surface area (Å²) in [5.41, 5.74) is 28.1. The third-order valence-electron chi connectivity index (χ3n) is 17.3. The SMILES string of the molecule is CC1(C)c2ccc(cc2)-c2cccc(-c3ccccc3)c2N2c3cc1ccc3B1c3ccc4cc3N(c3cc(N(c5ccccc5)c5ccccc5)cc2c31)c1c(-c2ccccc2)cccc1-c1ccc(cc1)C4(C)C. The fourth-order valence-electron chi connectivity index (χ4n) is 13.2. The monoisotopic (exact) mass is 971 g/mol. The summed E-state index contributed by atoms with van der Waals surface area (Å²) in [7, 11) is 0. The van der Waals surface area contributed by atoms with Crippen LogP contribution in [0.5, 0.6) is 0 Å². The summed E-state index contributed by atoms with van der Waals surface area (Å²) in [6.07, 6.45) is 0. The van der Waals surface area contributed by atoms with Crippen molar-refractivity contribution in [3.8, 4) is 44.5 Å². The molecular weight excluding hydrogens is 918 g/mol. The van der Waals surface area contributed by atoms with Gasteiger partial charge in [0, 0.05) is 67.2 Å². The van der Waals surface area contributed by atoms with Crippen LogP contribution < -0.4 is 31.1 Å². The second kappa shape index (κ2) is 16.7. The first-order valence-corrected chi connectivity index (χ1v) is 26.8. The van der Waals surface area contributed by atoms with Crippen LogP contribution in [0.3, 0.4) is 0 Å². The van der Waals surface area contributed by atoms with Crippen LogP contribution in [-0.4, -0.2) is 6.71 Å². The van der Waals surface area contributed by atoms with Crippen molar-refractivity contribution in [2.75, 3.05) is 14.7 Å². The summed E-state index contributed by atoms with van der Waals surface area (Å²) in [6, 6.07) is 96.4. The summed E-state index contributed by atoms with van der Waals surface area (Å²) in [6.45, 7) is 9.44. The van der Waals surface area contributed by atoms with E-state index in [1.54, 1.807) is 0 Å². The molecule has 360 valence electrons. The Morgan fingerprint density at radius 2 is 0.645 bits per heavy atom. The lowest BCUT2D eigenvalue weighted by molar-refractivity contribution is 0.641. The highest BCUT2D eigenvalue weighted by molar-refractivity contribution is 7.00. The molecule has 4 heteroatoms. The normalized spacial score (nSPS) is 14.4. The number of hydrogen-bond acceptors (Lipinski definition) is 3. The van der Waals surface area contributed by atoms with Crippen LogP contribution in [0.1, 0.15) is 49.9 Å². The van der Waals surface area contributed by atoms with Gasteiger partial charge >= 0.3 is 0 Å². The van der Waals surface area contributed by atoms with E-state index in [0.717, 1.165) is 39.8 Å². The lowest BCUT2D eigenvalue weighted by Gasteiger charge is -2.46. The van der Waals surface area contributed by atoms with Gasteiger partial charge in [0.1, 0.15) is 0 Å². The minimum absolute atomic E-state index is 0.107. The summed E-state index contributed by atoms with van der Waals surface area (Å²) >= 11 is 0. The topological polar surface area (TPSA) is 9.72 Å². The highest BCUT2D eigenvalue weighted by Crippen LogP contribution is 2.56. The largest absolute Gasteiger partial charge is 0.310 e. The standard InChI is InChI=1S/C72H54BN3/c1-71(2)51-35-31-49(32-36-51)60-29-17-27-58(47-19-9-5-10-20-47)69(60)75-64-43-53(71)39-41-62(64)73-63-42-40-54-44-65(63)76(67-46-57(45-66(75)68(67)73)74(55-23-13-7-14-24-55)56-25-15-8-16-26-56)70-59(48-21-11-6-12-22-48)28-18-30-61(70)50-33-37-52(38-34-50)72(54,3)4/h5-46H,1-4H3. The zero-order valence-electron chi connectivity index (χ0n) is 43.2. The Balaban J connectivity index is 1.15. The van der Waals surface area contributed by atoms with Crippen LogP contribution in [0.15, 0.2) is 255 Å². The molecule has 6 heterocycles. The molecule has 0 saturated carbocycles. The molecule has 0 atom stereocenters. The lowest BCUT2D eigenvalue weighted by atomic mass is 9.33. The van der Waals surface area contributed by atoms with Gasteiger partial charge in [-0.3, -0.25) is 0 Å². The van der Waals surface area contributed by atoms with E-state index in [9.17, 15) is 0 Å². The Morgan fingerprint density at radius 3 is 1.03 bits per heavy atom. The van der Waals surface area contributed by atoms with Crippen LogP contribution >= 0.6 is 0 Å². The van der Waals surface area contributed by atoms with Crippen molar-refractivity contribution in [2.45, 2.75) is 38.5 Å². The van der Waals surface area contributed by atoms with Crippen molar-refractivity contribution >= 4 is 74.3 Å². The maximum atomic E-state index is 2.68. The van der Waals surface area contributed by atoms with Crippen LogP contribution in [0.4, 0.5) is 51.2 Å². The van der Waals surface area contributed by atoms with Gasteiger partial charge in [0.15, 0.2) is 0 Å². The number of hydrogen-bond donors (Lipinski definition) is 0. The number of para-hydroxylation sites is 4. The molecule has 6 aliphatic heterocycles. The minimum atomic E-state index is -0.287. The number of nitrogens with zero attached hydrogens (tertiary/aromatic N) is 3. The Bertz CT molecular complexity index is 3830. The molecule has 0 N–H and O–H groups in total. The number of benzene rings is 11. The molecule has 3 nitrogen and oxygen atoms in total. The van der Waals surface area contributed by atoms with Gasteiger partial charge in [-0.1, -0.05) is 234 Å². The van der Waals surface area contributed by atoms with E-state index in [0.29, 0.717) is 0 Å². The average Bonchev–Trinajstić information content (AvgIpc) is 3.56. The van der Waals surface area contributed by atoms with Gasteiger partial charge in [0.25, 0.3) is 6.71 Å². The molecule has 0 saturated heterocycles. The van der Waals surface area contributed by atoms with Gasteiger partial charge in [-0.2, -0.15) is 0 Å². The first-order chi connectivity index (χ1) is 37.2. The van der Waals surface area contributed by atoms with Gasteiger partial charge in [0.2, 0.25) is 0 Å². The van der Waals surface area contributed by atoms with E-state index in [2.05, 4.69) is 297 Å². The van der Waals surface area contributed by atoms with Crippen LogP contribution in [-0.2, 0) is 10.8 Å². The van der Waals surface area contributed by atoms with E-state index in [1.165, 1.54) is 94.5 Å². The van der Waals surface area contributed by atoms with Gasteiger partial charge in [-0.15, -0.1) is 0 Å². The summed E-state index contributed by atoms with van der Waals surface area (Å²) in [5, 5.41) is 0. The second-order valence-electron chi connectivity index (χ2n) is 22.1. The zero-order chi connectivity index (χ0) is 50.9. The van der Waals surface area contributed by atoms with Gasteiger partial charge < -0.3 is 14.7 Å². The molecule has 0 spiro atoms. The zero-order valence-corrected chi connectivity index (χ0v) is 43.2. The van der Waals surface area contributed by atoms with Crippen molar-refractivity contribution in [1.29, 1.82) is 0 Å². The fourth-order valence-corrected chi connectivity index (χ4v) is 13.2. The Labute approximate surface area is 446 Å². The molecular formula is C72H54BN3. The molecule has 0 aromatic heterocycles. The molecule has 0 aliphatic carbocycles. The number of anilines is 9. The Kier molecular flexibility index (Phi) is 9.75. The Hall–Kier alpha value is -9.12. The van der Waals surface area contributed by atoms with Gasteiger partial charge in [-0.05, 0) is 109 Å². The predicted octanol–water partition coefficient (Wildman–Crippen LogP) is 17.2. The molecule has 0 radical (unpaired) electrons. The molecule has 8 bridgehead atoms. The van der Waals surface area contributed by atoms with Crippen molar-refractivity contribution in [2.24, 2.45) is 0 Å². The molecule has 6 aliphatic rings. The maximum absolute atomic E-state index is 2.68. The molecule has 17 rings (SSSR count). The first-order valence-electron chi connectivity index (χ1n) is 26.8. The van der Waals surface area contributed by atoms with Crippen molar-refractivity contribution in [1.82, 2.24) is 0 Å². The fraction of sp³-hybridized carbons (Fsp3) is 0.0833. The van der Waals surface area contributed by atoms with Gasteiger partial charge in [0.05, 0.1) is 17.1 Å². The smallest absolute Gasteiger partial charge is 0.252 e. The van der Waals surface area contributed by atoms with Crippen molar-refractivity contribution < 1.29 is 0 Å². The van der Waals surface area contributed by atoms with E-state index >= 15 is 0 Å². The molecule has 0 unspecified atom stereocenters. The maximum Gasteiger partial charge on any atom is 0.252 e. The van der Waals surface area contributed by atoms with Crippen LogP contribution in [0.2, 0.25) is 0 Å². The molecule has 11 aromatic carbocycles. The summed E-state index contributed by atoms with van der Waals surface area (Å²) < 4.78 is 0. The quantitative estimate of drug-likeness (QED) is 0.159. The van der Waals surface area contributed by atoms with Crippen LogP contribution in [0.25, 0.3) is 44.5 Å². The first kappa shape index (κ1) is 44.4. The molecule has 0 fully saturated rings. The van der Waals surface area contributed by atoms with Gasteiger partial charge in [-0.25, -0.2) is 0 Å². The van der Waals surface area contributed by atoms with E-state index < -0.39 is 0 Å². The third kappa shape index (κ3) is 6.56. The average molecular weight is 972 g/mol. The highest BCUT2D eigenvalue weighted by atomic mass is 15.2. The van der Waals surface area contributed by atoms with E-state index in [-0.39, 0.29) is 17.5 Å². The second-order valence-corrected chi connectivity index (χ2v) is 22.1. The third-order valence-corrected chi connectivity index (χ3v) is 17.3. The van der Waals surface area contributed by atoms with Crippen molar-refractivity contribution in [3.05, 3.63) is 277 Å².